The molecule has 1 fully saturated rings. The Morgan fingerprint density at radius 3 is 2.91 bits per heavy atom. The summed E-state index contributed by atoms with van der Waals surface area (Å²) in [5.41, 5.74) is 0. The van der Waals surface area contributed by atoms with Gasteiger partial charge < -0.3 is 19.7 Å². The Bertz CT molecular complexity index is 599. The second kappa shape index (κ2) is 7.61. The maximum Gasteiger partial charge on any atom is 0.261 e. The van der Waals surface area contributed by atoms with Crippen LogP contribution in [0.2, 0.25) is 5.02 Å². The zero-order chi connectivity index (χ0) is 17.0. The van der Waals surface area contributed by atoms with Crippen molar-refractivity contribution in [2.45, 2.75) is 19.0 Å². The van der Waals surface area contributed by atoms with Crippen LogP contribution in [0.4, 0.5) is 4.39 Å². The summed E-state index contributed by atoms with van der Waals surface area (Å²) in [4.78, 5) is 25.8. The molecule has 2 amide bonds. The average Bonchev–Trinajstić information content (AvgIpc) is 2.50. The van der Waals surface area contributed by atoms with Crippen LogP contribution in [0.1, 0.15) is 6.92 Å². The Morgan fingerprint density at radius 2 is 2.26 bits per heavy atom. The molecule has 0 saturated carbocycles. The molecule has 1 aliphatic rings. The first-order valence-corrected chi connectivity index (χ1v) is 7.46. The van der Waals surface area contributed by atoms with Crippen LogP contribution in [0, 0.1) is 5.82 Å². The Labute approximate surface area is 138 Å². The summed E-state index contributed by atoms with van der Waals surface area (Å²) in [6.45, 7) is 2.00. The largest absolute Gasteiger partial charge is 0.484 e. The van der Waals surface area contributed by atoms with Crippen LogP contribution in [-0.2, 0) is 14.3 Å². The summed E-state index contributed by atoms with van der Waals surface area (Å²) in [5.74, 6) is -0.896. The first-order valence-electron chi connectivity index (χ1n) is 7.09. The maximum atomic E-state index is 13.1. The number of amides is 2. The third-order valence-electron chi connectivity index (χ3n) is 3.44. The first-order chi connectivity index (χ1) is 10.9. The molecule has 6 nitrogen and oxygen atoms in total. The second-order valence-corrected chi connectivity index (χ2v) is 5.70. The van der Waals surface area contributed by atoms with Crippen LogP contribution >= 0.6 is 11.6 Å². The molecule has 0 aromatic heterocycles. The minimum Gasteiger partial charge on any atom is -0.484 e. The lowest BCUT2D eigenvalue weighted by atomic mass is 10.1. The zero-order valence-electron chi connectivity index (χ0n) is 12.8. The molecule has 1 heterocycles. The van der Waals surface area contributed by atoms with E-state index in [1.54, 1.807) is 0 Å². The highest BCUT2D eigenvalue weighted by Gasteiger charge is 2.35. The summed E-state index contributed by atoms with van der Waals surface area (Å²) in [7, 11) is 1.46. The average molecular weight is 345 g/mol. The van der Waals surface area contributed by atoms with Crippen LogP contribution in [-0.4, -0.2) is 55.7 Å². The SMILES string of the molecule is COC[C@H]1C(=O)NC(C)CN1C(=O)COc1ccc(F)c(Cl)c1. The molecule has 1 saturated heterocycles. The molecule has 1 unspecified atom stereocenters. The number of carbonyl (C=O) groups is 2. The van der Waals surface area contributed by atoms with Gasteiger partial charge in [0.05, 0.1) is 11.6 Å². The molecule has 0 radical (unpaired) electrons. The Morgan fingerprint density at radius 1 is 1.52 bits per heavy atom. The number of rotatable bonds is 5. The molecule has 2 rings (SSSR count). The van der Waals surface area contributed by atoms with Crippen molar-refractivity contribution in [3.05, 3.63) is 29.0 Å². The van der Waals surface area contributed by atoms with Crippen molar-refractivity contribution in [2.24, 2.45) is 0 Å². The van der Waals surface area contributed by atoms with Crippen molar-refractivity contribution in [3.63, 3.8) is 0 Å². The van der Waals surface area contributed by atoms with Crippen LogP contribution in [0.5, 0.6) is 5.75 Å². The third-order valence-corrected chi connectivity index (χ3v) is 3.73. The number of carbonyl (C=O) groups excluding carboxylic acids is 2. The molecule has 2 atom stereocenters. The quantitative estimate of drug-likeness (QED) is 0.872. The fourth-order valence-electron chi connectivity index (χ4n) is 2.34. The Kier molecular flexibility index (Phi) is 5.79. The van der Waals surface area contributed by atoms with Crippen LogP contribution in [0.3, 0.4) is 0 Å². The number of hydrogen-bond donors (Lipinski definition) is 1. The van der Waals surface area contributed by atoms with Crippen LogP contribution in [0.15, 0.2) is 18.2 Å². The lowest BCUT2D eigenvalue weighted by molar-refractivity contribution is -0.148. The van der Waals surface area contributed by atoms with Crippen molar-refractivity contribution in [1.29, 1.82) is 0 Å². The smallest absolute Gasteiger partial charge is 0.261 e. The summed E-state index contributed by atoms with van der Waals surface area (Å²) in [6, 6.07) is 2.99. The van der Waals surface area contributed by atoms with Gasteiger partial charge in [0, 0.05) is 25.8 Å². The molecule has 0 bridgehead atoms. The van der Waals surface area contributed by atoms with E-state index in [4.69, 9.17) is 21.1 Å². The van der Waals surface area contributed by atoms with E-state index in [0.29, 0.717) is 6.54 Å². The van der Waals surface area contributed by atoms with Crippen molar-refractivity contribution >= 4 is 23.4 Å². The maximum absolute atomic E-state index is 13.1. The van der Waals surface area contributed by atoms with E-state index in [-0.39, 0.29) is 41.8 Å². The van der Waals surface area contributed by atoms with Gasteiger partial charge >= 0.3 is 0 Å². The highest BCUT2D eigenvalue weighted by atomic mass is 35.5. The predicted molar refractivity (Wildman–Crippen MR) is 81.9 cm³/mol. The molecular formula is C15H18ClFN2O4. The van der Waals surface area contributed by atoms with Crippen molar-refractivity contribution < 1.29 is 23.5 Å². The molecule has 23 heavy (non-hydrogen) atoms. The van der Waals surface area contributed by atoms with Gasteiger partial charge in [0.25, 0.3) is 5.91 Å². The Balaban J connectivity index is 2.02. The molecule has 0 spiro atoms. The van der Waals surface area contributed by atoms with E-state index in [1.165, 1.54) is 24.1 Å². The lowest BCUT2D eigenvalue weighted by Gasteiger charge is -2.37. The summed E-state index contributed by atoms with van der Waals surface area (Å²) >= 11 is 5.66. The minimum absolute atomic E-state index is 0.0850. The van der Waals surface area contributed by atoms with Gasteiger partial charge in [-0.25, -0.2) is 4.39 Å². The van der Waals surface area contributed by atoms with Gasteiger partial charge in [-0.05, 0) is 19.1 Å². The van der Waals surface area contributed by atoms with Crippen molar-refractivity contribution in [3.8, 4) is 5.75 Å². The number of nitrogens with zero attached hydrogens (tertiary/aromatic N) is 1. The van der Waals surface area contributed by atoms with E-state index in [2.05, 4.69) is 5.32 Å². The monoisotopic (exact) mass is 344 g/mol. The highest BCUT2D eigenvalue weighted by molar-refractivity contribution is 6.30. The van der Waals surface area contributed by atoms with Gasteiger partial charge in [0.2, 0.25) is 5.91 Å². The number of hydrogen-bond acceptors (Lipinski definition) is 4. The fourth-order valence-corrected chi connectivity index (χ4v) is 2.51. The molecule has 1 aliphatic heterocycles. The number of piperazine rings is 1. The normalized spacial score (nSPS) is 21.0. The number of methoxy groups -OCH3 is 1. The molecule has 1 aromatic carbocycles. The van der Waals surface area contributed by atoms with Gasteiger partial charge in [-0.3, -0.25) is 9.59 Å². The summed E-state index contributed by atoms with van der Waals surface area (Å²) in [6.07, 6.45) is 0. The van der Waals surface area contributed by atoms with Gasteiger partial charge in [-0.1, -0.05) is 11.6 Å². The molecular weight excluding hydrogens is 327 g/mol. The molecule has 1 N–H and O–H groups in total. The number of halogens is 2. The second-order valence-electron chi connectivity index (χ2n) is 5.29. The number of nitrogens with one attached hydrogen (secondary N) is 1. The van der Waals surface area contributed by atoms with E-state index >= 15 is 0 Å². The highest BCUT2D eigenvalue weighted by Crippen LogP contribution is 2.21. The third kappa shape index (κ3) is 4.33. The van der Waals surface area contributed by atoms with E-state index < -0.39 is 11.9 Å². The van der Waals surface area contributed by atoms with E-state index in [0.717, 1.165) is 6.07 Å². The van der Waals surface area contributed by atoms with Gasteiger partial charge in [-0.2, -0.15) is 0 Å². The zero-order valence-corrected chi connectivity index (χ0v) is 13.6. The van der Waals surface area contributed by atoms with Gasteiger partial charge in [0.1, 0.15) is 17.6 Å². The van der Waals surface area contributed by atoms with Crippen LogP contribution < -0.4 is 10.1 Å². The fraction of sp³-hybridized carbons (Fsp3) is 0.467. The van der Waals surface area contributed by atoms with Gasteiger partial charge in [0.15, 0.2) is 6.61 Å². The molecule has 8 heteroatoms. The van der Waals surface area contributed by atoms with Crippen LogP contribution in [0.25, 0.3) is 0 Å². The first kappa shape index (κ1) is 17.5. The Hall–Kier alpha value is -1.86. The van der Waals surface area contributed by atoms with Crippen molar-refractivity contribution in [2.75, 3.05) is 26.9 Å². The summed E-state index contributed by atoms with van der Waals surface area (Å²) in [5, 5.41) is 2.69. The van der Waals surface area contributed by atoms with Crippen molar-refractivity contribution in [1.82, 2.24) is 10.2 Å². The minimum atomic E-state index is -0.691. The number of benzene rings is 1. The standard InChI is InChI=1S/C15H18ClFN2O4/c1-9-6-19(13(7-22-2)15(21)18-9)14(20)8-23-10-3-4-12(17)11(16)5-10/h3-5,9,13H,6-8H2,1-2H3,(H,18,21)/t9?,13-/m0/s1. The van der Waals surface area contributed by atoms with E-state index in [1.807, 2.05) is 6.92 Å². The molecule has 1 aromatic rings. The molecule has 0 aliphatic carbocycles. The lowest BCUT2D eigenvalue weighted by Crippen LogP contribution is -2.62. The van der Waals surface area contributed by atoms with E-state index in [9.17, 15) is 14.0 Å². The topological polar surface area (TPSA) is 67.9 Å². The molecule has 126 valence electrons. The summed E-state index contributed by atoms with van der Waals surface area (Å²) < 4.78 is 23.4. The number of ether oxygens (including phenoxy) is 2. The van der Waals surface area contributed by atoms with Gasteiger partial charge in [-0.15, -0.1) is 0 Å². The predicted octanol–water partition coefficient (Wildman–Crippen LogP) is 1.22.